The second kappa shape index (κ2) is 11.3. The van der Waals surface area contributed by atoms with Crippen LogP contribution in [0.5, 0.6) is 0 Å². The van der Waals surface area contributed by atoms with Crippen molar-refractivity contribution in [1.82, 2.24) is 0 Å². The fourth-order valence-electron chi connectivity index (χ4n) is 0.192. The predicted molar refractivity (Wildman–Crippen MR) is 54.1 cm³/mol. The van der Waals surface area contributed by atoms with Crippen molar-refractivity contribution < 1.29 is 17.7 Å². The third kappa shape index (κ3) is 12.9. The van der Waals surface area contributed by atoms with Gasteiger partial charge in [0.15, 0.2) is 0 Å². The number of rotatable bonds is 4. The minimum absolute atomic E-state index is 1.16. The van der Waals surface area contributed by atoms with Crippen LogP contribution in [0.2, 0.25) is 13.1 Å². The van der Waals surface area contributed by atoms with E-state index in [4.69, 9.17) is 17.7 Å². The quantitative estimate of drug-likeness (QED) is 0.627. The molecule has 0 fully saturated rings. The van der Waals surface area contributed by atoms with Crippen LogP contribution in [-0.2, 0) is 17.7 Å². The molecule has 0 amide bonds. The second-order valence-electron chi connectivity index (χ2n) is 2.08. The van der Waals surface area contributed by atoms with Crippen molar-refractivity contribution in [1.29, 1.82) is 0 Å². The van der Waals surface area contributed by atoms with E-state index < -0.39 is 18.6 Å². The molecule has 0 N–H and O–H groups in total. The van der Waals surface area contributed by atoms with Gasteiger partial charge in [0.1, 0.15) is 0 Å². The van der Waals surface area contributed by atoms with Gasteiger partial charge >= 0.3 is 18.6 Å². The summed E-state index contributed by atoms with van der Waals surface area (Å²) in [6.45, 7) is 3.94. The highest BCUT2D eigenvalue weighted by atomic mass is 28.3. The van der Waals surface area contributed by atoms with Gasteiger partial charge in [-0.05, 0) is 13.1 Å². The molecule has 0 aliphatic carbocycles. The van der Waals surface area contributed by atoms with E-state index in [0.29, 0.717) is 0 Å². The van der Waals surface area contributed by atoms with Crippen LogP contribution < -0.4 is 0 Å². The molecule has 0 saturated carbocycles. The first-order valence-corrected chi connectivity index (χ1v) is 7.93. The Hall–Kier alpha value is 0.274. The molecule has 0 aromatic heterocycles. The maximum Gasteiger partial charge on any atom is 0.317 e. The number of hydrogen-bond acceptors (Lipinski definition) is 4. The lowest BCUT2D eigenvalue weighted by atomic mass is 11.8. The Balaban J connectivity index is 0. The largest absolute Gasteiger partial charge is 0.400 e. The summed E-state index contributed by atoms with van der Waals surface area (Å²) >= 11 is 0. The van der Waals surface area contributed by atoms with Gasteiger partial charge in [-0.25, -0.2) is 0 Å². The summed E-state index contributed by atoms with van der Waals surface area (Å²) in [5, 5.41) is 0. The summed E-state index contributed by atoms with van der Waals surface area (Å²) < 4.78 is 19.3. The molecule has 4 nitrogen and oxygen atoms in total. The predicted octanol–water partition coefficient (Wildman–Crippen LogP) is 0.259. The lowest BCUT2D eigenvalue weighted by Gasteiger charge is -2.00. The third-order valence-electron chi connectivity index (χ3n) is 1.33. The molecule has 0 atom stereocenters. The second-order valence-corrected chi connectivity index (χ2v) is 6.23. The smallest absolute Gasteiger partial charge is 0.317 e. The Kier molecular flexibility index (Phi) is 13.9. The van der Waals surface area contributed by atoms with Crippen LogP contribution in [0.25, 0.3) is 0 Å². The Morgan fingerprint density at radius 1 is 0.583 bits per heavy atom. The van der Waals surface area contributed by atoms with Crippen molar-refractivity contribution in [3.63, 3.8) is 0 Å². The summed E-state index contributed by atoms with van der Waals surface area (Å²) in [4.78, 5) is 0. The van der Waals surface area contributed by atoms with E-state index in [1.165, 1.54) is 0 Å². The topological polar surface area (TPSA) is 36.9 Å². The zero-order chi connectivity index (χ0) is 9.98. The summed E-state index contributed by atoms with van der Waals surface area (Å²) in [5.41, 5.74) is 0. The van der Waals surface area contributed by atoms with Crippen molar-refractivity contribution in [3.8, 4) is 0 Å². The maximum atomic E-state index is 4.82. The molecule has 0 aromatic rings. The molecule has 76 valence electrons. The molecule has 0 aliphatic heterocycles. The minimum Gasteiger partial charge on any atom is -0.400 e. The van der Waals surface area contributed by atoms with Gasteiger partial charge in [0.25, 0.3) is 0 Å². The van der Waals surface area contributed by atoms with Crippen molar-refractivity contribution in [2.24, 2.45) is 0 Å². The van der Waals surface area contributed by atoms with Gasteiger partial charge in [-0.2, -0.15) is 0 Å². The van der Waals surface area contributed by atoms with Crippen LogP contribution in [0.15, 0.2) is 0 Å². The van der Waals surface area contributed by atoms with Crippen LogP contribution in [0.1, 0.15) is 0 Å². The van der Waals surface area contributed by atoms with Gasteiger partial charge in [0, 0.05) is 28.4 Å². The Labute approximate surface area is 78.5 Å². The average molecular weight is 212 g/mol. The van der Waals surface area contributed by atoms with Gasteiger partial charge < -0.3 is 17.7 Å². The molecule has 0 aliphatic rings. The SMILES string of the molecule is CO[SiH](C)OC.CO[SiH](C)OC. The van der Waals surface area contributed by atoms with Crippen molar-refractivity contribution in [2.45, 2.75) is 13.1 Å². The highest BCUT2D eigenvalue weighted by molar-refractivity contribution is 6.42. The molecule has 0 unspecified atom stereocenters. The van der Waals surface area contributed by atoms with E-state index in [1.54, 1.807) is 28.4 Å². The van der Waals surface area contributed by atoms with Crippen molar-refractivity contribution in [3.05, 3.63) is 0 Å². The first-order chi connectivity index (χ1) is 5.62. The van der Waals surface area contributed by atoms with Crippen molar-refractivity contribution >= 4 is 18.6 Å². The van der Waals surface area contributed by atoms with Gasteiger partial charge in [0.05, 0.1) is 0 Å². The highest BCUT2D eigenvalue weighted by Gasteiger charge is 1.94. The molecule has 0 heterocycles. The molecular formula is C6H20O4Si2. The van der Waals surface area contributed by atoms with Crippen LogP contribution >= 0.6 is 0 Å². The normalized spacial score (nSPS) is 10.0. The van der Waals surface area contributed by atoms with Crippen LogP contribution in [0.4, 0.5) is 0 Å². The van der Waals surface area contributed by atoms with Crippen LogP contribution in [-0.4, -0.2) is 47.0 Å². The first kappa shape index (κ1) is 14.8. The van der Waals surface area contributed by atoms with Crippen molar-refractivity contribution in [2.75, 3.05) is 28.4 Å². The van der Waals surface area contributed by atoms with Crippen LogP contribution in [0.3, 0.4) is 0 Å². The third-order valence-corrected chi connectivity index (χ3v) is 3.98. The van der Waals surface area contributed by atoms with E-state index >= 15 is 0 Å². The molecule has 6 heteroatoms. The zero-order valence-electron chi connectivity index (χ0n) is 8.79. The van der Waals surface area contributed by atoms with E-state index in [-0.39, 0.29) is 0 Å². The fourth-order valence-corrected chi connectivity index (χ4v) is 0.577. The first-order valence-electron chi connectivity index (χ1n) is 3.73. The lowest BCUT2D eigenvalue weighted by molar-refractivity contribution is 0.285. The molecule has 0 rings (SSSR count). The van der Waals surface area contributed by atoms with Gasteiger partial charge in [-0.3, -0.25) is 0 Å². The molecule has 12 heavy (non-hydrogen) atoms. The summed E-state index contributed by atoms with van der Waals surface area (Å²) in [6.07, 6.45) is 0. The molecule has 0 bridgehead atoms. The fraction of sp³-hybridized carbons (Fsp3) is 1.00. The maximum absolute atomic E-state index is 4.82. The minimum atomic E-state index is -1.16. The number of hydrogen-bond donors (Lipinski definition) is 0. The molecule has 0 spiro atoms. The molecule has 0 saturated heterocycles. The van der Waals surface area contributed by atoms with E-state index in [1.807, 2.05) is 13.1 Å². The lowest BCUT2D eigenvalue weighted by Crippen LogP contribution is -2.12. The van der Waals surface area contributed by atoms with Crippen LogP contribution in [0, 0.1) is 0 Å². The molecule has 0 aromatic carbocycles. The summed E-state index contributed by atoms with van der Waals surface area (Å²) in [6, 6.07) is 0. The Bertz CT molecular complexity index is 65.9. The Morgan fingerprint density at radius 3 is 0.750 bits per heavy atom. The highest BCUT2D eigenvalue weighted by Crippen LogP contribution is 1.78. The zero-order valence-corrected chi connectivity index (χ0v) is 11.1. The van der Waals surface area contributed by atoms with E-state index in [9.17, 15) is 0 Å². The standard InChI is InChI=1S/2C3H10O2Si/c2*1-4-6(3)5-2/h2*6H,1-3H3. The van der Waals surface area contributed by atoms with Gasteiger partial charge in [-0.15, -0.1) is 0 Å². The molecular weight excluding hydrogens is 192 g/mol. The van der Waals surface area contributed by atoms with Gasteiger partial charge in [-0.1, -0.05) is 0 Å². The monoisotopic (exact) mass is 212 g/mol. The Morgan fingerprint density at radius 2 is 0.750 bits per heavy atom. The van der Waals surface area contributed by atoms with Gasteiger partial charge in [0.2, 0.25) is 0 Å². The van der Waals surface area contributed by atoms with E-state index in [0.717, 1.165) is 0 Å². The molecule has 0 radical (unpaired) electrons. The van der Waals surface area contributed by atoms with E-state index in [2.05, 4.69) is 0 Å². The summed E-state index contributed by atoms with van der Waals surface area (Å²) in [5.74, 6) is 0. The average Bonchev–Trinajstić information content (AvgIpc) is 2.16. The summed E-state index contributed by atoms with van der Waals surface area (Å²) in [7, 11) is 4.35.